The smallest absolute Gasteiger partial charge is 0.221 e. The molecule has 3 heteroatoms. The van der Waals surface area contributed by atoms with E-state index in [0.29, 0.717) is 0 Å². The molecular formula is C37H22N2P+. The Bertz CT molecular complexity index is 2240. The summed E-state index contributed by atoms with van der Waals surface area (Å²) in [6.45, 7) is 0. The molecule has 5 heterocycles. The third-order valence-corrected chi connectivity index (χ3v) is 11.9. The molecule has 0 N–H and O–H groups in total. The van der Waals surface area contributed by atoms with Crippen LogP contribution in [0, 0.1) is 0 Å². The van der Waals surface area contributed by atoms with Gasteiger partial charge in [0.25, 0.3) is 0 Å². The van der Waals surface area contributed by atoms with Gasteiger partial charge in [0, 0.05) is 17.7 Å². The molecule has 3 aromatic heterocycles. The van der Waals surface area contributed by atoms with Crippen LogP contribution in [0.25, 0.3) is 55.9 Å². The molecule has 2 aliphatic heterocycles. The summed E-state index contributed by atoms with van der Waals surface area (Å²) in [5.41, 5.74) is 13.3. The third-order valence-electron chi connectivity index (χ3n) is 9.19. The topological polar surface area (TPSA) is 17.0 Å². The molecule has 40 heavy (non-hydrogen) atoms. The van der Waals surface area contributed by atoms with Gasteiger partial charge in [-0.2, -0.15) is 0 Å². The van der Waals surface area contributed by atoms with Gasteiger partial charge in [0.05, 0.1) is 27.2 Å². The predicted molar refractivity (Wildman–Crippen MR) is 164 cm³/mol. The zero-order valence-electron chi connectivity index (χ0n) is 21.5. The second-order valence-electron chi connectivity index (χ2n) is 11.0. The van der Waals surface area contributed by atoms with E-state index in [4.69, 9.17) is 4.98 Å². The van der Waals surface area contributed by atoms with E-state index in [9.17, 15) is 0 Å². The molecule has 10 rings (SSSR count). The first kappa shape index (κ1) is 21.1. The molecule has 3 aliphatic rings. The first-order chi connectivity index (χ1) is 19.9. The van der Waals surface area contributed by atoms with Crippen LogP contribution in [0.1, 0.15) is 33.6 Å². The Morgan fingerprint density at radius 1 is 0.575 bits per heavy atom. The summed E-state index contributed by atoms with van der Waals surface area (Å²) in [7, 11) is -0.896. The zero-order chi connectivity index (χ0) is 26.0. The van der Waals surface area contributed by atoms with Gasteiger partial charge in [-0.3, -0.25) is 4.98 Å². The minimum absolute atomic E-state index is 0.536. The molecule has 184 valence electrons. The Hall–Kier alpha value is -4.78. The molecule has 1 aliphatic carbocycles. The maximum Gasteiger partial charge on any atom is 0.221 e. The Balaban J connectivity index is 1.56. The molecule has 4 aromatic carbocycles. The number of nitrogens with zero attached hydrogens (tertiary/aromatic N) is 2. The van der Waals surface area contributed by atoms with Crippen molar-refractivity contribution in [1.29, 1.82) is 0 Å². The fourth-order valence-corrected chi connectivity index (χ4v) is 10.8. The highest BCUT2D eigenvalue weighted by Crippen LogP contribution is 2.59. The SMILES string of the molecule is C1=Cc2cccc3c4cccc5[n+]4p(c23)-c2c1cccc2-c1cccc(n1)C51c2ccccc2-c2ccccc21. The minimum Gasteiger partial charge on any atom is -0.251 e. The molecule has 2 bridgehead atoms. The highest BCUT2D eigenvalue weighted by Gasteiger charge is 2.53. The van der Waals surface area contributed by atoms with Gasteiger partial charge in [-0.05, 0) is 57.6 Å². The number of hydrogen-bond donors (Lipinski definition) is 0. The lowest BCUT2D eigenvalue weighted by Crippen LogP contribution is -2.40. The van der Waals surface area contributed by atoms with Crippen molar-refractivity contribution in [2.75, 3.05) is 0 Å². The molecule has 0 radical (unpaired) electrons. The lowest BCUT2D eigenvalue weighted by Gasteiger charge is -2.28. The summed E-state index contributed by atoms with van der Waals surface area (Å²) >= 11 is 0. The number of pyridine rings is 2. The van der Waals surface area contributed by atoms with Crippen LogP contribution in [-0.4, -0.2) is 4.98 Å². The van der Waals surface area contributed by atoms with Crippen LogP contribution in [0.15, 0.2) is 121 Å². The van der Waals surface area contributed by atoms with E-state index in [1.807, 2.05) is 0 Å². The van der Waals surface area contributed by atoms with Crippen molar-refractivity contribution < 1.29 is 4.16 Å². The lowest BCUT2D eigenvalue weighted by molar-refractivity contribution is -0.446. The fraction of sp³-hybridized carbons (Fsp3) is 0.0270. The molecule has 1 atom stereocenters. The fourth-order valence-electron chi connectivity index (χ4n) is 7.69. The van der Waals surface area contributed by atoms with E-state index in [1.54, 1.807) is 0 Å². The predicted octanol–water partition coefficient (Wildman–Crippen LogP) is 8.78. The molecule has 1 unspecified atom stereocenters. The van der Waals surface area contributed by atoms with Crippen LogP contribution in [-0.2, 0) is 5.41 Å². The van der Waals surface area contributed by atoms with Crippen molar-refractivity contribution in [3.8, 4) is 27.7 Å². The standard InChI is InChI=1S/C37H22N2P/c1-3-15-29-25(11-1)26-12-2-4-16-30(26)37(29)33-19-7-17-31(38-33)27-13-5-9-23-21-22-24-10-6-14-28-32-18-8-20-34(37)39(32)40(35(23)27)36(24)28/h1-22H/q+1. The molecule has 7 aromatic rings. The van der Waals surface area contributed by atoms with Crippen LogP contribution >= 0.6 is 7.69 Å². The summed E-state index contributed by atoms with van der Waals surface area (Å²) < 4.78 is 2.72. The maximum absolute atomic E-state index is 5.58. The monoisotopic (exact) mass is 525 g/mol. The van der Waals surface area contributed by atoms with Crippen molar-refractivity contribution in [2.45, 2.75) is 5.41 Å². The zero-order valence-corrected chi connectivity index (χ0v) is 22.4. The number of aromatic nitrogens is 2. The quantitative estimate of drug-likeness (QED) is 0.193. The van der Waals surface area contributed by atoms with Crippen LogP contribution in [0.3, 0.4) is 0 Å². The number of benzene rings is 4. The van der Waals surface area contributed by atoms with Gasteiger partial charge < -0.3 is 0 Å². The van der Waals surface area contributed by atoms with Crippen molar-refractivity contribution in [2.24, 2.45) is 0 Å². The molecule has 0 saturated heterocycles. The first-order valence-electron chi connectivity index (χ1n) is 13.8. The Morgan fingerprint density at radius 3 is 2.10 bits per heavy atom. The van der Waals surface area contributed by atoms with Crippen molar-refractivity contribution in [1.82, 2.24) is 4.98 Å². The molecule has 2 nitrogen and oxygen atoms in total. The summed E-state index contributed by atoms with van der Waals surface area (Å²) in [5, 5.41) is 4.21. The van der Waals surface area contributed by atoms with Gasteiger partial charge >= 0.3 is 0 Å². The summed E-state index contributed by atoms with van der Waals surface area (Å²) in [5.74, 6) is 0. The highest BCUT2D eigenvalue weighted by molar-refractivity contribution is 7.57. The van der Waals surface area contributed by atoms with Crippen molar-refractivity contribution in [3.63, 3.8) is 0 Å². The van der Waals surface area contributed by atoms with Gasteiger partial charge in [-0.15, -0.1) is 4.16 Å². The Kier molecular flexibility index (Phi) is 3.82. The summed E-state index contributed by atoms with van der Waals surface area (Å²) in [6, 6.07) is 45.2. The Morgan fingerprint density at radius 2 is 1.25 bits per heavy atom. The highest BCUT2D eigenvalue weighted by atomic mass is 31.1. The van der Waals surface area contributed by atoms with E-state index < -0.39 is 13.1 Å². The van der Waals surface area contributed by atoms with E-state index in [1.165, 1.54) is 66.0 Å². The number of hydrogen-bond acceptors (Lipinski definition) is 1. The normalized spacial score (nSPS) is 15.1. The second kappa shape index (κ2) is 7.24. The molecule has 1 spiro atoms. The van der Waals surface area contributed by atoms with Gasteiger partial charge in [-0.25, -0.2) is 0 Å². The largest absolute Gasteiger partial charge is 0.251 e. The van der Waals surface area contributed by atoms with Gasteiger partial charge in [0.15, 0.2) is 7.69 Å². The van der Waals surface area contributed by atoms with Crippen molar-refractivity contribution in [3.05, 3.63) is 155 Å². The van der Waals surface area contributed by atoms with E-state index in [2.05, 4.69) is 138 Å². The average Bonchev–Trinajstić information content (AvgIpc) is 3.45. The second-order valence-corrected chi connectivity index (χ2v) is 12.9. The van der Waals surface area contributed by atoms with E-state index in [0.717, 1.165) is 11.4 Å². The van der Waals surface area contributed by atoms with Gasteiger partial charge in [0.2, 0.25) is 11.2 Å². The van der Waals surface area contributed by atoms with Gasteiger partial charge in [0.1, 0.15) is 5.41 Å². The molecule has 0 amide bonds. The number of rotatable bonds is 0. The maximum atomic E-state index is 5.58. The minimum atomic E-state index is -0.896. The van der Waals surface area contributed by atoms with Crippen LogP contribution in [0.5, 0.6) is 0 Å². The first-order valence-corrected chi connectivity index (χ1v) is 15.1. The van der Waals surface area contributed by atoms with Crippen LogP contribution in [0.4, 0.5) is 0 Å². The average molecular weight is 526 g/mol. The van der Waals surface area contributed by atoms with Crippen LogP contribution < -0.4 is 4.16 Å². The summed E-state index contributed by atoms with van der Waals surface area (Å²) in [6.07, 6.45) is 4.64. The summed E-state index contributed by atoms with van der Waals surface area (Å²) in [4.78, 5) is 5.58. The van der Waals surface area contributed by atoms with Gasteiger partial charge in [-0.1, -0.05) is 97.1 Å². The molecular weight excluding hydrogens is 503 g/mol. The molecule has 0 saturated carbocycles. The Labute approximate surface area is 232 Å². The third kappa shape index (κ3) is 2.31. The molecule has 0 fully saturated rings. The van der Waals surface area contributed by atoms with Crippen LogP contribution in [0.2, 0.25) is 0 Å². The van der Waals surface area contributed by atoms with Crippen molar-refractivity contribution >= 4 is 35.9 Å². The number of fused-ring (bicyclic) bond motifs is 11. The van der Waals surface area contributed by atoms with E-state index >= 15 is 0 Å². The lowest BCUT2D eigenvalue weighted by atomic mass is 9.72. The van der Waals surface area contributed by atoms with E-state index in [-0.39, 0.29) is 0 Å².